The third kappa shape index (κ3) is 3.33. The Kier molecular flexibility index (Phi) is 4.50. The molecule has 1 heterocycles. The molecule has 2 aliphatic rings. The van der Waals surface area contributed by atoms with E-state index in [2.05, 4.69) is 17.1 Å². The summed E-state index contributed by atoms with van der Waals surface area (Å²) in [6, 6.07) is 9.60. The van der Waals surface area contributed by atoms with Crippen molar-refractivity contribution in [3.05, 3.63) is 35.9 Å². The fourth-order valence-electron chi connectivity index (χ4n) is 3.72. The maximum atomic E-state index is 12.4. The van der Waals surface area contributed by atoms with E-state index in [0.29, 0.717) is 19.0 Å². The van der Waals surface area contributed by atoms with Crippen molar-refractivity contribution in [3.63, 3.8) is 0 Å². The molecule has 1 aromatic rings. The number of aliphatic hydroxyl groups is 1. The Hall–Kier alpha value is -1.39. The number of benzene rings is 1. The van der Waals surface area contributed by atoms with Crippen molar-refractivity contribution in [3.8, 4) is 0 Å². The molecular formula is C18H26N2O2. The highest BCUT2D eigenvalue weighted by Crippen LogP contribution is 2.34. The normalized spacial score (nSPS) is 33.5. The third-order valence-electron chi connectivity index (χ3n) is 5.13. The first kappa shape index (κ1) is 15.5. The van der Waals surface area contributed by atoms with Crippen molar-refractivity contribution in [2.75, 3.05) is 19.6 Å². The van der Waals surface area contributed by atoms with E-state index in [0.717, 1.165) is 37.8 Å². The lowest BCUT2D eigenvalue weighted by atomic mass is 9.79. The molecule has 1 saturated carbocycles. The van der Waals surface area contributed by atoms with E-state index in [4.69, 9.17) is 0 Å². The average Bonchev–Trinajstić information content (AvgIpc) is 2.52. The molecule has 0 aromatic heterocycles. The molecule has 4 nitrogen and oxygen atoms in total. The maximum Gasteiger partial charge on any atom is 0.242 e. The zero-order chi connectivity index (χ0) is 15.6. The molecule has 120 valence electrons. The zero-order valence-electron chi connectivity index (χ0n) is 13.3. The Morgan fingerprint density at radius 2 is 1.95 bits per heavy atom. The molecule has 0 bridgehead atoms. The lowest BCUT2D eigenvalue weighted by molar-refractivity contribution is -0.132. The summed E-state index contributed by atoms with van der Waals surface area (Å²) in [5.41, 5.74) is 0.365. The summed E-state index contributed by atoms with van der Waals surface area (Å²) in [6.45, 7) is 4.30. The Morgan fingerprint density at radius 1 is 1.27 bits per heavy atom. The molecule has 2 N–H and O–H groups in total. The van der Waals surface area contributed by atoms with Crippen molar-refractivity contribution in [1.82, 2.24) is 10.2 Å². The molecule has 1 atom stereocenters. The van der Waals surface area contributed by atoms with Crippen molar-refractivity contribution in [1.29, 1.82) is 0 Å². The summed E-state index contributed by atoms with van der Waals surface area (Å²) in [5, 5.41) is 13.9. The van der Waals surface area contributed by atoms with Crippen LogP contribution in [0.4, 0.5) is 0 Å². The van der Waals surface area contributed by atoms with Gasteiger partial charge in [0.05, 0.1) is 5.60 Å². The topological polar surface area (TPSA) is 52.6 Å². The SMILES string of the molecule is CC1CCC(O)(CN2CCNC(=O)C2c2ccccc2)CC1. The predicted molar refractivity (Wildman–Crippen MR) is 86.3 cm³/mol. The van der Waals surface area contributed by atoms with Crippen LogP contribution in [0.3, 0.4) is 0 Å². The second kappa shape index (κ2) is 6.39. The van der Waals surface area contributed by atoms with Gasteiger partial charge in [0.25, 0.3) is 0 Å². The van der Waals surface area contributed by atoms with E-state index in [1.165, 1.54) is 0 Å². The Bertz CT molecular complexity index is 509. The number of piperazine rings is 1. The predicted octanol–water partition coefficient (Wildman–Crippen LogP) is 2.10. The first-order valence-electron chi connectivity index (χ1n) is 8.36. The number of carbonyl (C=O) groups excluding carboxylic acids is 1. The molecule has 1 aliphatic carbocycles. The molecule has 1 saturated heterocycles. The molecule has 1 aliphatic heterocycles. The first-order valence-corrected chi connectivity index (χ1v) is 8.36. The molecule has 2 fully saturated rings. The minimum atomic E-state index is -0.642. The van der Waals surface area contributed by atoms with Gasteiger partial charge in [-0.05, 0) is 37.2 Å². The molecule has 0 radical (unpaired) electrons. The number of carbonyl (C=O) groups is 1. The summed E-state index contributed by atoms with van der Waals surface area (Å²) in [4.78, 5) is 14.5. The van der Waals surface area contributed by atoms with Crippen LogP contribution in [0.15, 0.2) is 30.3 Å². The Labute approximate surface area is 132 Å². The fourth-order valence-corrected chi connectivity index (χ4v) is 3.72. The molecule has 22 heavy (non-hydrogen) atoms. The smallest absolute Gasteiger partial charge is 0.242 e. The quantitative estimate of drug-likeness (QED) is 0.899. The molecule has 4 heteroatoms. The minimum Gasteiger partial charge on any atom is -0.389 e. The van der Waals surface area contributed by atoms with Crippen molar-refractivity contribution < 1.29 is 9.90 Å². The molecular weight excluding hydrogens is 276 g/mol. The zero-order valence-corrected chi connectivity index (χ0v) is 13.3. The third-order valence-corrected chi connectivity index (χ3v) is 5.13. The van der Waals surface area contributed by atoms with Crippen LogP contribution < -0.4 is 5.32 Å². The van der Waals surface area contributed by atoms with Crippen LogP contribution >= 0.6 is 0 Å². The monoisotopic (exact) mass is 302 g/mol. The largest absolute Gasteiger partial charge is 0.389 e. The second-order valence-electron chi connectivity index (χ2n) is 6.98. The van der Waals surface area contributed by atoms with E-state index in [9.17, 15) is 9.90 Å². The highest BCUT2D eigenvalue weighted by atomic mass is 16.3. The summed E-state index contributed by atoms with van der Waals surface area (Å²) < 4.78 is 0. The fraction of sp³-hybridized carbons (Fsp3) is 0.611. The summed E-state index contributed by atoms with van der Waals surface area (Å²) >= 11 is 0. The number of hydrogen-bond acceptors (Lipinski definition) is 3. The number of nitrogens with one attached hydrogen (secondary N) is 1. The van der Waals surface area contributed by atoms with Gasteiger partial charge in [0.15, 0.2) is 0 Å². The van der Waals surface area contributed by atoms with Gasteiger partial charge >= 0.3 is 0 Å². The second-order valence-corrected chi connectivity index (χ2v) is 6.98. The van der Waals surface area contributed by atoms with Crippen molar-refractivity contribution in [2.24, 2.45) is 5.92 Å². The van der Waals surface area contributed by atoms with E-state index < -0.39 is 5.60 Å². The van der Waals surface area contributed by atoms with E-state index >= 15 is 0 Å². The molecule has 1 aromatic carbocycles. The van der Waals surface area contributed by atoms with Crippen LogP contribution in [0.1, 0.15) is 44.2 Å². The number of hydrogen-bond donors (Lipinski definition) is 2. The Morgan fingerprint density at radius 3 is 2.64 bits per heavy atom. The standard InChI is InChI=1S/C18H26N2O2/c1-14-7-9-18(22,10-8-14)13-20-12-11-19-17(21)16(20)15-5-3-2-4-6-15/h2-6,14,16,22H,7-13H2,1H3,(H,19,21). The lowest BCUT2D eigenvalue weighted by Gasteiger charge is -2.43. The van der Waals surface area contributed by atoms with Gasteiger partial charge in [-0.2, -0.15) is 0 Å². The lowest BCUT2D eigenvalue weighted by Crippen LogP contribution is -2.55. The van der Waals surface area contributed by atoms with E-state index in [1.54, 1.807) is 0 Å². The van der Waals surface area contributed by atoms with Crippen molar-refractivity contribution >= 4 is 5.91 Å². The van der Waals surface area contributed by atoms with E-state index in [1.807, 2.05) is 30.3 Å². The van der Waals surface area contributed by atoms with Gasteiger partial charge in [-0.3, -0.25) is 9.69 Å². The van der Waals surface area contributed by atoms with Gasteiger partial charge in [-0.25, -0.2) is 0 Å². The number of nitrogens with zero attached hydrogens (tertiary/aromatic N) is 1. The van der Waals surface area contributed by atoms with Crippen LogP contribution in [0.2, 0.25) is 0 Å². The highest BCUT2D eigenvalue weighted by molar-refractivity contribution is 5.83. The number of amides is 1. The average molecular weight is 302 g/mol. The molecule has 1 unspecified atom stereocenters. The van der Waals surface area contributed by atoms with Gasteiger partial charge in [-0.15, -0.1) is 0 Å². The van der Waals surface area contributed by atoms with Crippen LogP contribution in [0.25, 0.3) is 0 Å². The van der Waals surface area contributed by atoms with Gasteiger partial charge in [0, 0.05) is 19.6 Å². The Balaban J connectivity index is 1.77. The van der Waals surface area contributed by atoms with Gasteiger partial charge in [0.2, 0.25) is 5.91 Å². The maximum absolute atomic E-state index is 12.4. The minimum absolute atomic E-state index is 0.0465. The number of β-amino-alcohol motifs (C(OH)–C–C–N with tert-alkyl or cyclic N) is 1. The van der Waals surface area contributed by atoms with Crippen LogP contribution in [-0.4, -0.2) is 41.1 Å². The van der Waals surface area contributed by atoms with Crippen molar-refractivity contribution in [2.45, 2.75) is 44.2 Å². The van der Waals surface area contributed by atoms with Crippen LogP contribution in [-0.2, 0) is 4.79 Å². The molecule has 3 rings (SSSR count). The molecule has 1 amide bonds. The van der Waals surface area contributed by atoms with Crippen LogP contribution in [0, 0.1) is 5.92 Å². The summed E-state index contributed by atoms with van der Waals surface area (Å²) in [6.07, 6.45) is 3.83. The molecule has 0 spiro atoms. The van der Waals surface area contributed by atoms with Gasteiger partial charge < -0.3 is 10.4 Å². The first-order chi connectivity index (χ1) is 10.6. The number of rotatable bonds is 3. The van der Waals surface area contributed by atoms with Gasteiger partial charge in [-0.1, -0.05) is 37.3 Å². The summed E-state index contributed by atoms with van der Waals surface area (Å²) in [5.74, 6) is 0.750. The highest BCUT2D eigenvalue weighted by Gasteiger charge is 2.39. The van der Waals surface area contributed by atoms with Crippen LogP contribution in [0.5, 0.6) is 0 Å². The van der Waals surface area contributed by atoms with E-state index in [-0.39, 0.29) is 11.9 Å². The van der Waals surface area contributed by atoms with Gasteiger partial charge in [0.1, 0.15) is 6.04 Å². The summed E-state index contributed by atoms with van der Waals surface area (Å²) in [7, 11) is 0.